The average molecular weight is 298 g/mol. The van der Waals surface area contributed by atoms with Crippen LogP contribution >= 0.6 is 15.9 Å². The molecule has 1 atom stereocenters. The van der Waals surface area contributed by atoms with E-state index in [1.54, 1.807) is 7.11 Å². The number of nitrogens with one attached hydrogen (secondary N) is 1. The zero-order valence-electron chi connectivity index (χ0n) is 10.7. The first-order valence-corrected chi connectivity index (χ1v) is 6.59. The normalized spacial score (nSPS) is 12.2. The Morgan fingerprint density at radius 2 is 2.24 bits per heavy atom. The molecule has 3 heteroatoms. The highest BCUT2D eigenvalue weighted by Crippen LogP contribution is 2.31. The summed E-state index contributed by atoms with van der Waals surface area (Å²) < 4.78 is 6.36. The molecular formula is C14H20BrNO. The Bertz CT molecular complexity index is 390. The molecule has 94 valence electrons. The van der Waals surface area contributed by atoms with Crippen LogP contribution in [0.5, 0.6) is 5.75 Å². The van der Waals surface area contributed by atoms with Crippen molar-refractivity contribution in [2.75, 3.05) is 14.2 Å². The van der Waals surface area contributed by atoms with Gasteiger partial charge in [-0.1, -0.05) is 35.0 Å². The molecule has 0 aliphatic rings. The standard InChI is InChI=1S/C14H20BrNO/c1-5-10(2)8-14(16-3)12-9-11(17-4)6-7-13(12)15/h6-7,9,14,16H,2,5,8H2,1,3-4H3. The maximum Gasteiger partial charge on any atom is 0.119 e. The van der Waals surface area contributed by atoms with Gasteiger partial charge in [-0.3, -0.25) is 0 Å². The predicted molar refractivity (Wildman–Crippen MR) is 76.5 cm³/mol. The third kappa shape index (κ3) is 3.86. The van der Waals surface area contributed by atoms with Crippen molar-refractivity contribution in [1.82, 2.24) is 5.32 Å². The van der Waals surface area contributed by atoms with E-state index >= 15 is 0 Å². The summed E-state index contributed by atoms with van der Waals surface area (Å²) in [6.45, 7) is 6.21. The Hall–Kier alpha value is -0.800. The van der Waals surface area contributed by atoms with E-state index in [4.69, 9.17) is 4.74 Å². The topological polar surface area (TPSA) is 21.3 Å². The van der Waals surface area contributed by atoms with Gasteiger partial charge in [0, 0.05) is 10.5 Å². The molecule has 0 heterocycles. The second kappa shape index (κ2) is 6.82. The lowest BCUT2D eigenvalue weighted by atomic mass is 9.98. The minimum atomic E-state index is 0.270. The lowest BCUT2D eigenvalue weighted by molar-refractivity contribution is 0.413. The number of rotatable bonds is 6. The molecule has 1 rings (SSSR count). The van der Waals surface area contributed by atoms with E-state index < -0.39 is 0 Å². The van der Waals surface area contributed by atoms with Gasteiger partial charge in [-0.25, -0.2) is 0 Å². The van der Waals surface area contributed by atoms with Gasteiger partial charge in [0.05, 0.1) is 7.11 Å². The molecule has 0 aliphatic heterocycles. The molecule has 0 spiro atoms. The van der Waals surface area contributed by atoms with Crippen LogP contribution in [0.2, 0.25) is 0 Å². The Labute approximate surface area is 112 Å². The number of halogens is 1. The summed E-state index contributed by atoms with van der Waals surface area (Å²) in [4.78, 5) is 0. The fourth-order valence-electron chi connectivity index (χ4n) is 1.72. The summed E-state index contributed by atoms with van der Waals surface area (Å²) in [6, 6.07) is 6.31. The highest BCUT2D eigenvalue weighted by molar-refractivity contribution is 9.10. The van der Waals surface area contributed by atoms with Crippen molar-refractivity contribution in [3.63, 3.8) is 0 Å². The molecular weight excluding hydrogens is 278 g/mol. The number of ether oxygens (including phenoxy) is 1. The average Bonchev–Trinajstić information content (AvgIpc) is 2.36. The van der Waals surface area contributed by atoms with Crippen molar-refractivity contribution in [3.05, 3.63) is 40.4 Å². The first kappa shape index (κ1) is 14.3. The molecule has 0 radical (unpaired) electrons. The van der Waals surface area contributed by atoms with E-state index in [0.717, 1.165) is 23.1 Å². The quantitative estimate of drug-likeness (QED) is 0.799. The van der Waals surface area contributed by atoms with Crippen LogP contribution in [-0.2, 0) is 0 Å². The summed E-state index contributed by atoms with van der Waals surface area (Å²) in [5, 5.41) is 3.33. The van der Waals surface area contributed by atoms with E-state index in [0.29, 0.717) is 0 Å². The maximum absolute atomic E-state index is 5.26. The largest absolute Gasteiger partial charge is 0.497 e. The molecule has 0 aliphatic carbocycles. The number of hydrogen-bond donors (Lipinski definition) is 1. The summed E-state index contributed by atoms with van der Waals surface area (Å²) in [5.41, 5.74) is 2.46. The molecule has 1 N–H and O–H groups in total. The van der Waals surface area contributed by atoms with E-state index in [9.17, 15) is 0 Å². The number of benzene rings is 1. The SMILES string of the molecule is C=C(CC)CC(NC)c1cc(OC)ccc1Br. The van der Waals surface area contributed by atoms with Crippen LogP contribution in [0.3, 0.4) is 0 Å². The summed E-state index contributed by atoms with van der Waals surface area (Å²) in [7, 11) is 3.66. The second-order valence-corrected chi connectivity index (χ2v) is 4.89. The number of methoxy groups -OCH3 is 1. The molecule has 0 saturated heterocycles. The van der Waals surface area contributed by atoms with Gasteiger partial charge in [-0.15, -0.1) is 0 Å². The highest BCUT2D eigenvalue weighted by Gasteiger charge is 2.14. The van der Waals surface area contributed by atoms with Crippen molar-refractivity contribution in [3.8, 4) is 5.75 Å². The Balaban J connectivity index is 2.97. The van der Waals surface area contributed by atoms with E-state index in [1.807, 2.05) is 19.2 Å². The van der Waals surface area contributed by atoms with Gasteiger partial charge in [0.1, 0.15) is 5.75 Å². The molecule has 1 unspecified atom stereocenters. The van der Waals surface area contributed by atoms with E-state index in [2.05, 4.69) is 40.8 Å². The molecule has 17 heavy (non-hydrogen) atoms. The van der Waals surface area contributed by atoms with Gasteiger partial charge in [0.2, 0.25) is 0 Å². The zero-order chi connectivity index (χ0) is 12.8. The first-order chi connectivity index (χ1) is 8.12. The van der Waals surface area contributed by atoms with Crippen molar-refractivity contribution in [2.45, 2.75) is 25.8 Å². The molecule has 2 nitrogen and oxygen atoms in total. The van der Waals surface area contributed by atoms with Crippen molar-refractivity contribution in [1.29, 1.82) is 0 Å². The van der Waals surface area contributed by atoms with Crippen LogP contribution in [0.15, 0.2) is 34.8 Å². The van der Waals surface area contributed by atoms with Crippen LogP contribution in [0, 0.1) is 0 Å². The molecule has 0 fully saturated rings. The summed E-state index contributed by atoms with van der Waals surface area (Å²) >= 11 is 3.59. The van der Waals surface area contributed by atoms with Gasteiger partial charge in [-0.05, 0) is 43.7 Å². The number of hydrogen-bond acceptors (Lipinski definition) is 2. The minimum absolute atomic E-state index is 0.270. The maximum atomic E-state index is 5.26. The van der Waals surface area contributed by atoms with Gasteiger partial charge >= 0.3 is 0 Å². The van der Waals surface area contributed by atoms with Crippen molar-refractivity contribution < 1.29 is 4.74 Å². The second-order valence-electron chi connectivity index (χ2n) is 4.04. The fourth-order valence-corrected chi connectivity index (χ4v) is 2.24. The third-order valence-electron chi connectivity index (χ3n) is 2.92. The van der Waals surface area contributed by atoms with Crippen LogP contribution in [-0.4, -0.2) is 14.2 Å². The zero-order valence-corrected chi connectivity index (χ0v) is 12.3. The molecule has 1 aromatic carbocycles. The van der Waals surface area contributed by atoms with Crippen LogP contribution in [0.25, 0.3) is 0 Å². The molecule has 0 bridgehead atoms. The first-order valence-electron chi connectivity index (χ1n) is 5.79. The van der Waals surface area contributed by atoms with Crippen LogP contribution < -0.4 is 10.1 Å². The monoisotopic (exact) mass is 297 g/mol. The summed E-state index contributed by atoms with van der Waals surface area (Å²) in [6.07, 6.45) is 1.96. The fraction of sp³-hybridized carbons (Fsp3) is 0.429. The van der Waals surface area contributed by atoms with E-state index in [-0.39, 0.29) is 6.04 Å². The van der Waals surface area contributed by atoms with Gasteiger partial charge < -0.3 is 10.1 Å². The smallest absolute Gasteiger partial charge is 0.119 e. The molecule has 0 amide bonds. The molecule has 1 aromatic rings. The van der Waals surface area contributed by atoms with Crippen molar-refractivity contribution >= 4 is 15.9 Å². The Morgan fingerprint density at radius 3 is 2.76 bits per heavy atom. The van der Waals surface area contributed by atoms with Gasteiger partial charge in [-0.2, -0.15) is 0 Å². The van der Waals surface area contributed by atoms with Crippen LogP contribution in [0.1, 0.15) is 31.4 Å². The van der Waals surface area contributed by atoms with Crippen molar-refractivity contribution in [2.24, 2.45) is 0 Å². The highest BCUT2D eigenvalue weighted by atomic mass is 79.9. The van der Waals surface area contributed by atoms with Crippen LogP contribution in [0.4, 0.5) is 0 Å². The van der Waals surface area contributed by atoms with Gasteiger partial charge in [0.25, 0.3) is 0 Å². The van der Waals surface area contributed by atoms with E-state index in [1.165, 1.54) is 11.1 Å². The van der Waals surface area contributed by atoms with Gasteiger partial charge in [0.15, 0.2) is 0 Å². The Morgan fingerprint density at radius 1 is 1.53 bits per heavy atom. The molecule has 0 saturated carbocycles. The lowest BCUT2D eigenvalue weighted by Crippen LogP contribution is -2.17. The minimum Gasteiger partial charge on any atom is -0.497 e. The molecule has 0 aromatic heterocycles. The predicted octanol–water partition coefficient (Wildman–Crippen LogP) is 4.07. The summed E-state index contributed by atoms with van der Waals surface area (Å²) in [5.74, 6) is 0.880. The Kier molecular flexibility index (Phi) is 5.72. The lowest BCUT2D eigenvalue weighted by Gasteiger charge is -2.19. The third-order valence-corrected chi connectivity index (χ3v) is 3.64.